The highest BCUT2D eigenvalue weighted by molar-refractivity contribution is 5.91. The lowest BCUT2D eigenvalue weighted by Gasteiger charge is -2.12. The highest BCUT2D eigenvalue weighted by atomic mass is 19.1. The molecule has 122 valence electrons. The van der Waals surface area contributed by atoms with E-state index in [1.165, 1.54) is 37.3 Å². The van der Waals surface area contributed by atoms with Gasteiger partial charge in [-0.15, -0.1) is 0 Å². The van der Waals surface area contributed by atoms with Crippen molar-refractivity contribution in [3.8, 4) is 11.3 Å². The molecule has 1 fully saturated rings. The Morgan fingerprint density at radius 1 is 1.08 bits per heavy atom. The van der Waals surface area contributed by atoms with Gasteiger partial charge in [0.15, 0.2) is 5.52 Å². The number of benzene rings is 2. The number of rotatable bonds is 2. The van der Waals surface area contributed by atoms with Crippen LogP contribution in [-0.2, 0) is 7.05 Å². The molecular formula is C21H22FN2+. The molecule has 2 nitrogen and oxygen atoms in total. The van der Waals surface area contributed by atoms with E-state index in [2.05, 4.69) is 23.2 Å². The summed E-state index contributed by atoms with van der Waals surface area (Å²) < 4.78 is 15.5. The first-order valence-electron chi connectivity index (χ1n) is 8.68. The molecule has 0 N–H and O–H groups in total. The largest absolute Gasteiger partial charge is 0.287 e. The van der Waals surface area contributed by atoms with Crippen LogP contribution in [0.2, 0.25) is 0 Å². The van der Waals surface area contributed by atoms with Gasteiger partial charge in [-0.2, -0.15) is 0 Å². The molecule has 0 amide bonds. The number of hydrogen-bond donors (Lipinski definition) is 0. The Labute approximate surface area is 142 Å². The van der Waals surface area contributed by atoms with E-state index < -0.39 is 0 Å². The maximum Gasteiger partial charge on any atom is 0.287 e. The van der Waals surface area contributed by atoms with Gasteiger partial charge in [0.05, 0.1) is 12.4 Å². The van der Waals surface area contributed by atoms with E-state index in [1.54, 1.807) is 6.07 Å². The average Bonchev–Trinajstić information content (AvgIpc) is 3.10. The van der Waals surface area contributed by atoms with Crippen molar-refractivity contribution >= 4 is 10.9 Å². The van der Waals surface area contributed by atoms with E-state index in [-0.39, 0.29) is 5.82 Å². The standard InChI is InChI=1S/C21H22FN2/c1-14-11-17(22)8-10-18(14)21-19-9-7-16(15-5-3-4-6-15)12-20(19)23-13-24(21)2/h7-13,15H,3-6H2,1-2H3/q+1. The summed E-state index contributed by atoms with van der Waals surface area (Å²) >= 11 is 0. The fourth-order valence-electron chi connectivity index (χ4n) is 3.99. The molecule has 3 aromatic rings. The second-order valence-electron chi connectivity index (χ2n) is 6.92. The molecule has 1 aliphatic carbocycles. The maximum absolute atomic E-state index is 13.5. The Morgan fingerprint density at radius 3 is 2.62 bits per heavy atom. The van der Waals surface area contributed by atoms with E-state index >= 15 is 0 Å². The number of aryl methyl sites for hydroxylation is 2. The van der Waals surface area contributed by atoms with Gasteiger partial charge in [0, 0.05) is 5.56 Å². The first kappa shape index (κ1) is 15.3. The van der Waals surface area contributed by atoms with Gasteiger partial charge in [-0.3, -0.25) is 0 Å². The molecule has 1 aromatic heterocycles. The zero-order chi connectivity index (χ0) is 16.7. The molecule has 1 aliphatic rings. The molecule has 0 aliphatic heterocycles. The van der Waals surface area contributed by atoms with Crippen LogP contribution in [0.1, 0.15) is 42.7 Å². The Bertz CT molecular complexity index is 911. The van der Waals surface area contributed by atoms with Crippen molar-refractivity contribution < 1.29 is 8.96 Å². The highest BCUT2D eigenvalue weighted by Gasteiger charge is 2.21. The molecular weight excluding hydrogens is 299 g/mol. The second kappa shape index (κ2) is 5.97. The minimum Gasteiger partial charge on any atom is -0.232 e. The predicted octanol–water partition coefficient (Wildman–Crippen LogP) is 4.83. The molecule has 0 spiro atoms. The van der Waals surface area contributed by atoms with E-state index in [9.17, 15) is 4.39 Å². The predicted molar refractivity (Wildman–Crippen MR) is 94.3 cm³/mol. The Hall–Kier alpha value is -2.29. The van der Waals surface area contributed by atoms with Gasteiger partial charge in [-0.05, 0) is 72.1 Å². The fourth-order valence-corrected chi connectivity index (χ4v) is 3.99. The highest BCUT2D eigenvalue weighted by Crippen LogP contribution is 2.36. The number of halogens is 1. The Morgan fingerprint density at radius 2 is 1.88 bits per heavy atom. The molecule has 0 atom stereocenters. The summed E-state index contributed by atoms with van der Waals surface area (Å²) in [6.45, 7) is 1.96. The second-order valence-corrected chi connectivity index (χ2v) is 6.92. The van der Waals surface area contributed by atoms with Crippen molar-refractivity contribution in [1.82, 2.24) is 4.98 Å². The number of hydrogen-bond acceptors (Lipinski definition) is 1. The Kier molecular flexibility index (Phi) is 3.79. The van der Waals surface area contributed by atoms with Gasteiger partial charge in [0.2, 0.25) is 0 Å². The van der Waals surface area contributed by atoms with Crippen molar-refractivity contribution in [3.05, 3.63) is 59.7 Å². The molecule has 3 heteroatoms. The van der Waals surface area contributed by atoms with E-state index in [0.717, 1.165) is 27.7 Å². The normalized spacial score (nSPS) is 15.3. The first-order valence-corrected chi connectivity index (χ1v) is 8.68. The zero-order valence-electron chi connectivity index (χ0n) is 14.2. The lowest BCUT2D eigenvalue weighted by Crippen LogP contribution is -2.31. The third-order valence-electron chi connectivity index (χ3n) is 5.27. The SMILES string of the molecule is Cc1cc(F)ccc1-c1c2ccc(C3CCCC3)cc2nc[n+]1C. The van der Waals surface area contributed by atoms with Crippen LogP contribution in [0.15, 0.2) is 42.7 Å². The quantitative estimate of drug-likeness (QED) is 0.618. The summed E-state index contributed by atoms with van der Waals surface area (Å²) in [6.07, 6.45) is 7.10. The topological polar surface area (TPSA) is 16.8 Å². The van der Waals surface area contributed by atoms with Crippen LogP contribution in [0.3, 0.4) is 0 Å². The Balaban J connectivity index is 1.90. The summed E-state index contributed by atoms with van der Waals surface area (Å²) in [5.74, 6) is 0.488. The van der Waals surface area contributed by atoms with Crippen LogP contribution in [-0.4, -0.2) is 4.98 Å². The van der Waals surface area contributed by atoms with E-state index in [1.807, 2.05) is 30.9 Å². The number of fused-ring (bicyclic) bond motifs is 1. The van der Waals surface area contributed by atoms with Gasteiger partial charge in [0.1, 0.15) is 11.5 Å². The number of nitrogens with zero attached hydrogens (tertiary/aromatic N) is 2. The lowest BCUT2D eigenvalue weighted by molar-refractivity contribution is -0.662. The minimum atomic E-state index is -0.194. The summed E-state index contributed by atoms with van der Waals surface area (Å²) in [4.78, 5) is 4.64. The zero-order valence-corrected chi connectivity index (χ0v) is 14.2. The van der Waals surface area contributed by atoms with Crippen LogP contribution in [0.5, 0.6) is 0 Å². The summed E-state index contributed by atoms with van der Waals surface area (Å²) in [7, 11) is 2.00. The molecule has 4 rings (SSSR count). The summed E-state index contributed by atoms with van der Waals surface area (Å²) in [5, 5.41) is 1.12. The van der Waals surface area contributed by atoms with Crippen molar-refractivity contribution in [2.75, 3.05) is 0 Å². The van der Waals surface area contributed by atoms with Gasteiger partial charge in [0.25, 0.3) is 6.33 Å². The van der Waals surface area contributed by atoms with Crippen LogP contribution >= 0.6 is 0 Å². The molecule has 0 saturated heterocycles. The van der Waals surface area contributed by atoms with Crippen LogP contribution < -0.4 is 4.57 Å². The van der Waals surface area contributed by atoms with Gasteiger partial charge in [-0.25, -0.2) is 8.96 Å². The van der Waals surface area contributed by atoms with Crippen molar-refractivity contribution in [1.29, 1.82) is 0 Å². The van der Waals surface area contributed by atoms with E-state index in [4.69, 9.17) is 0 Å². The van der Waals surface area contributed by atoms with Crippen LogP contribution in [0.4, 0.5) is 4.39 Å². The summed E-state index contributed by atoms with van der Waals surface area (Å²) in [5.41, 5.74) is 5.52. The van der Waals surface area contributed by atoms with Crippen LogP contribution in [0.25, 0.3) is 22.2 Å². The third kappa shape index (κ3) is 2.58. The molecule has 0 radical (unpaired) electrons. The summed E-state index contributed by atoms with van der Waals surface area (Å²) in [6, 6.07) is 11.7. The van der Waals surface area contributed by atoms with Gasteiger partial charge < -0.3 is 0 Å². The molecule has 0 bridgehead atoms. The first-order chi connectivity index (χ1) is 11.6. The smallest absolute Gasteiger partial charge is 0.232 e. The van der Waals surface area contributed by atoms with Gasteiger partial charge in [-0.1, -0.05) is 18.9 Å². The molecule has 1 heterocycles. The number of aromatic nitrogens is 2. The fraction of sp³-hybridized carbons (Fsp3) is 0.333. The monoisotopic (exact) mass is 321 g/mol. The minimum absolute atomic E-state index is 0.194. The van der Waals surface area contributed by atoms with Crippen molar-refractivity contribution in [2.24, 2.45) is 7.05 Å². The molecule has 1 saturated carbocycles. The maximum atomic E-state index is 13.5. The van der Waals surface area contributed by atoms with E-state index in [0.29, 0.717) is 5.92 Å². The third-order valence-corrected chi connectivity index (χ3v) is 5.27. The lowest BCUT2D eigenvalue weighted by atomic mass is 9.95. The van der Waals surface area contributed by atoms with Crippen LogP contribution in [0, 0.1) is 12.7 Å². The molecule has 24 heavy (non-hydrogen) atoms. The molecule has 0 unspecified atom stereocenters. The average molecular weight is 321 g/mol. The van der Waals surface area contributed by atoms with Gasteiger partial charge >= 0.3 is 0 Å². The van der Waals surface area contributed by atoms with Crippen molar-refractivity contribution in [2.45, 2.75) is 38.5 Å². The van der Waals surface area contributed by atoms with Crippen molar-refractivity contribution in [3.63, 3.8) is 0 Å². The molecule has 2 aromatic carbocycles.